The molecule has 17 heavy (non-hydrogen) atoms. The fourth-order valence-corrected chi connectivity index (χ4v) is 1.54. The minimum absolute atomic E-state index is 0.338. The lowest BCUT2D eigenvalue weighted by Crippen LogP contribution is -1.90. The maximum Gasteiger partial charge on any atom is 0.162 e. The zero-order chi connectivity index (χ0) is 12.3. The second-order valence-corrected chi connectivity index (χ2v) is 3.34. The Morgan fingerprint density at radius 1 is 1.24 bits per heavy atom. The third-order valence-electron chi connectivity index (χ3n) is 2.39. The van der Waals surface area contributed by atoms with Crippen molar-refractivity contribution in [2.75, 3.05) is 14.2 Å². The Morgan fingerprint density at radius 3 is 2.65 bits per heavy atom. The molecule has 0 aliphatic carbocycles. The highest BCUT2D eigenvalue weighted by Crippen LogP contribution is 2.32. The van der Waals surface area contributed by atoms with Crippen molar-refractivity contribution in [2.24, 2.45) is 0 Å². The molecule has 0 spiro atoms. The lowest BCUT2D eigenvalue weighted by Gasteiger charge is -2.08. The van der Waals surface area contributed by atoms with Gasteiger partial charge in [-0.25, -0.2) is 0 Å². The van der Waals surface area contributed by atoms with Crippen LogP contribution in [0.1, 0.15) is 5.69 Å². The summed E-state index contributed by atoms with van der Waals surface area (Å²) in [5.41, 5.74) is 1.86. The molecule has 1 heterocycles. The number of nitrogens with one attached hydrogen (secondary N) is 1. The summed E-state index contributed by atoms with van der Waals surface area (Å²) in [6.45, 7) is 0. The van der Waals surface area contributed by atoms with Gasteiger partial charge in [-0.3, -0.25) is 5.10 Å². The van der Waals surface area contributed by atoms with E-state index in [-0.39, 0.29) is 0 Å². The molecule has 0 saturated carbocycles. The van der Waals surface area contributed by atoms with E-state index in [2.05, 4.69) is 10.2 Å². The van der Waals surface area contributed by atoms with Crippen molar-refractivity contribution in [3.05, 3.63) is 30.0 Å². The van der Waals surface area contributed by atoms with Crippen molar-refractivity contribution < 1.29 is 9.47 Å². The maximum absolute atomic E-state index is 8.74. The predicted octanol–water partition coefficient (Wildman–Crippen LogP) is 1.97. The van der Waals surface area contributed by atoms with E-state index in [1.807, 2.05) is 18.2 Å². The number of nitrogens with zero attached hydrogens (tertiary/aromatic N) is 2. The van der Waals surface area contributed by atoms with Gasteiger partial charge in [-0.05, 0) is 18.2 Å². The van der Waals surface area contributed by atoms with Crippen LogP contribution in [0.15, 0.2) is 24.3 Å². The summed E-state index contributed by atoms with van der Waals surface area (Å²) in [6, 6.07) is 9.08. The first kappa shape index (κ1) is 11.0. The molecule has 5 heteroatoms. The molecule has 5 nitrogen and oxygen atoms in total. The number of rotatable bonds is 3. The van der Waals surface area contributed by atoms with Crippen molar-refractivity contribution in [1.29, 1.82) is 5.26 Å². The molecule has 0 aliphatic heterocycles. The molecule has 0 aliphatic rings. The van der Waals surface area contributed by atoms with Crippen molar-refractivity contribution >= 4 is 0 Å². The molecule has 0 atom stereocenters. The first-order valence-corrected chi connectivity index (χ1v) is 4.96. The minimum Gasteiger partial charge on any atom is -0.497 e. The Morgan fingerprint density at radius 2 is 2.06 bits per heavy atom. The van der Waals surface area contributed by atoms with E-state index in [1.165, 1.54) is 0 Å². The zero-order valence-corrected chi connectivity index (χ0v) is 9.52. The summed E-state index contributed by atoms with van der Waals surface area (Å²) in [4.78, 5) is 0. The van der Waals surface area contributed by atoms with E-state index in [0.717, 1.165) is 11.3 Å². The molecule has 0 bridgehead atoms. The largest absolute Gasteiger partial charge is 0.497 e. The highest BCUT2D eigenvalue weighted by Gasteiger charge is 2.10. The highest BCUT2D eigenvalue weighted by atomic mass is 16.5. The molecule has 0 fully saturated rings. The van der Waals surface area contributed by atoms with Gasteiger partial charge in [0.2, 0.25) is 0 Å². The van der Waals surface area contributed by atoms with Gasteiger partial charge < -0.3 is 9.47 Å². The van der Waals surface area contributed by atoms with Crippen LogP contribution in [0.5, 0.6) is 11.5 Å². The van der Waals surface area contributed by atoms with Crippen LogP contribution in [0.3, 0.4) is 0 Å². The number of nitriles is 1. The second-order valence-electron chi connectivity index (χ2n) is 3.34. The minimum atomic E-state index is 0.338. The average Bonchev–Trinajstić information content (AvgIpc) is 2.86. The SMILES string of the molecule is COc1ccc(OC)c(-c2cc(C#N)n[nH]2)c1. The topological polar surface area (TPSA) is 70.9 Å². The van der Waals surface area contributed by atoms with E-state index >= 15 is 0 Å². The molecule has 0 amide bonds. The molecular formula is C12H11N3O2. The smallest absolute Gasteiger partial charge is 0.162 e. The molecule has 1 N–H and O–H groups in total. The highest BCUT2D eigenvalue weighted by molar-refractivity contribution is 5.69. The predicted molar refractivity (Wildman–Crippen MR) is 61.8 cm³/mol. The van der Waals surface area contributed by atoms with Crippen LogP contribution in [-0.4, -0.2) is 24.4 Å². The summed E-state index contributed by atoms with van der Waals surface area (Å²) in [7, 11) is 3.19. The number of H-pyrrole nitrogens is 1. The fourth-order valence-electron chi connectivity index (χ4n) is 1.54. The average molecular weight is 229 g/mol. The normalized spacial score (nSPS) is 9.71. The van der Waals surface area contributed by atoms with Gasteiger partial charge in [0.05, 0.1) is 19.9 Å². The van der Waals surface area contributed by atoms with Crippen LogP contribution in [-0.2, 0) is 0 Å². The summed E-state index contributed by atoms with van der Waals surface area (Å²) in [5.74, 6) is 1.41. The van der Waals surface area contributed by atoms with Crippen molar-refractivity contribution in [3.63, 3.8) is 0 Å². The lowest BCUT2D eigenvalue weighted by molar-refractivity contribution is 0.404. The van der Waals surface area contributed by atoms with Crippen molar-refractivity contribution in [1.82, 2.24) is 10.2 Å². The fraction of sp³-hybridized carbons (Fsp3) is 0.167. The molecule has 0 radical (unpaired) electrons. The Balaban J connectivity index is 2.52. The summed E-state index contributed by atoms with van der Waals surface area (Å²) < 4.78 is 10.4. The number of hydrogen-bond acceptors (Lipinski definition) is 4. The molecular weight excluding hydrogens is 218 g/mol. The monoisotopic (exact) mass is 229 g/mol. The van der Waals surface area contributed by atoms with Crippen LogP contribution < -0.4 is 9.47 Å². The standard InChI is InChI=1S/C12H11N3O2/c1-16-9-3-4-12(17-2)10(6-9)11-5-8(7-13)14-15-11/h3-6H,1-2H3,(H,14,15). The van der Waals surface area contributed by atoms with Gasteiger partial charge in [0.15, 0.2) is 5.69 Å². The molecule has 0 saturated heterocycles. The van der Waals surface area contributed by atoms with E-state index in [9.17, 15) is 0 Å². The molecule has 0 unspecified atom stereocenters. The number of aromatic nitrogens is 2. The lowest BCUT2D eigenvalue weighted by atomic mass is 10.1. The number of benzene rings is 1. The third-order valence-corrected chi connectivity index (χ3v) is 2.39. The molecule has 86 valence electrons. The number of ether oxygens (including phenoxy) is 2. The quantitative estimate of drug-likeness (QED) is 0.873. The van der Waals surface area contributed by atoms with Gasteiger partial charge in [-0.2, -0.15) is 10.4 Å². The van der Waals surface area contributed by atoms with E-state index in [0.29, 0.717) is 17.2 Å². The number of hydrogen-bond donors (Lipinski definition) is 1. The zero-order valence-electron chi connectivity index (χ0n) is 9.52. The van der Waals surface area contributed by atoms with E-state index in [1.54, 1.807) is 26.4 Å². The van der Waals surface area contributed by atoms with E-state index in [4.69, 9.17) is 14.7 Å². The van der Waals surface area contributed by atoms with Crippen molar-refractivity contribution in [3.8, 4) is 28.8 Å². The molecule has 2 aromatic rings. The van der Waals surface area contributed by atoms with Crippen LogP contribution in [0.25, 0.3) is 11.3 Å². The molecule has 1 aromatic carbocycles. The second kappa shape index (κ2) is 4.58. The summed E-state index contributed by atoms with van der Waals surface area (Å²) in [5, 5.41) is 15.4. The Labute approximate surface area is 98.6 Å². The number of methoxy groups -OCH3 is 2. The summed E-state index contributed by atoms with van der Waals surface area (Å²) in [6.07, 6.45) is 0. The Bertz CT molecular complexity index is 569. The van der Waals surface area contributed by atoms with Gasteiger partial charge in [-0.15, -0.1) is 0 Å². The van der Waals surface area contributed by atoms with Gasteiger partial charge in [0, 0.05) is 11.6 Å². The van der Waals surface area contributed by atoms with Gasteiger partial charge in [0.1, 0.15) is 17.6 Å². The van der Waals surface area contributed by atoms with Crippen LogP contribution in [0.4, 0.5) is 0 Å². The Kier molecular flexibility index (Phi) is 2.97. The first-order chi connectivity index (χ1) is 8.28. The van der Waals surface area contributed by atoms with Gasteiger partial charge in [0.25, 0.3) is 0 Å². The maximum atomic E-state index is 8.74. The van der Waals surface area contributed by atoms with Crippen molar-refractivity contribution in [2.45, 2.75) is 0 Å². The van der Waals surface area contributed by atoms with Gasteiger partial charge >= 0.3 is 0 Å². The Hall–Kier alpha value is -2.48. The van der Waals surface area contributed by atoms with Crippen LogP contribution in [0.2, 0.25) is 0 Å². The van der Waals surface area contributed by atoms with Crippen LogP contribution in [0, 0.1) is 11.3 Å². The molecule has 1 aromatic heterocycles. The summed E-state index contributed by atoms with van der Waals surface area (Å²) >= 11 is 0. The van der Waals surface area contributed by atoms with E-state index < -0.39 is 0 Å². The third kappa shape index (κ3) is 2.06. The number of aromatic amines is 1. The van der Waals surface area contributed by atoms with Gasteiger partial charge in [-0.1, -0.05) is 0 Å². The molecule has 2 rings (SSSR count). The van der Waals surface area contributed by atoms with Crippen LogP contribution >= 0.6 is 0 Å². The first-order valence-electron chi connectivity index (χ1n) is 4.96.